The largest absolute Gasteiger partial charge is 0.495 e. The Labute approximate surface area is 320 Å². The summed E-state index contributed by atoms with van der Waals surface area (Å²) >= 11 is 0. The molecule has 11 nitrogen and oxygen atoms in total. The van der Waals surface area contributed by atoms with Gasteiger partial charge in [0, 0.05) is 45.2 Å². The molecule has 3 amide bonds. The number of hydrogen-bond donors (Lipinski definition) is 2. The van der Waals surface area contributed by atoms with Crippen LogP contribution in [0.2, 0.25) is 0 Å². The lowest BCUT2D eigenvalue weighted by Gasteiger charge is -2.32. The number of aryl methyl sites for hydroxylation is 1. The molecule has 2 N–H and O–H groups in total. The summed E-state index contributed by atoms with van der Waals surface area (Å²) in [6, 6.07) is 18.0. The van der Waals surface area contributed by atoms with Gasteiger partial charge in [-0.3, -0.25) is 14.4 Å². The lowest BCUT2D eigenvalue weighted by Crippen LogP contribution is -2.47. The van der Waals surface area contributed by atoms with E-state index in [0.717, 1.165) is 76.9 Å². The average molecular weight is 759 g/mol. The van der Waals surface area contributed by atoms with Crippen LogP contribution in [-0.2, 0) is 4.79 Å². The van der Waals surface area contributed by atoms with Gasteiger partial charge in [0.1, 0.15) is 23.4 Å². The van der Waals surface area contributed by atoms with Crippen molar-refractivity contribution in [1.29, 1.82) is 0 Å². The van der Waals surface area contributed by atoms with Crippen molar-refractivity contribution in [2.45, 2.75) is 51.6 Å². The standard InChI is InChI=1S/C39H51N5O6.2ClH/c1-28-13-16-33(36(26-28)49-25-9-5-6-12-37(45)44-23-21-42(2)22-24-44)43(3)39(47)29-14-15-32(35(27-29)48-4)41-38(46)31-10-7-8-11-34(31)50-30-17-19-40-20-18-30;;/h7-8,10-11,13-16,26-27,30,40H,5-6,9,12,17-25H2,1-4H3,(H,41,46);2*1H. The van der Waals surface area contributed by atoms with E-state index in [9.17, 15) is 14.4 Å². The molecule has 3 aromatic carbocycles. The van der Waals surface area contributed by atoms with Gasteiger partial charge in [0.2, 0.25) is 5.91 Å². The summed E-state index contributed by atoms with van der Waals surface area (Å²) in [6.07, 6.45) is 4.88. The van der Waals surface area contributed by atoms with Crippen molar-refractivity contribution in [2.24, 2.45) is 0 Å². The van der Waals surface area contributed by atoms with Crippen molar-refractivity contribution >= 4 is 53.9 Å². The van der Waals surface area contributed by atoms with Crippen molar-refractivity contribution in [3.63, 3.8) is 0 Å². The second-order valence-electron chi connectivity index (χ2n) is 13.1. The molecule has 0 saturated carbocycles. The highest BCUT2D eigenvalue weighted by atomic mass is 35.5. The Balaban J connectivity index is 0.00000364. The molecular formula is C39H53Cl2N5O6. The molecule has 2 aliphatic rings. The Morgan fingerprint density at radius 3 is 2.35 bits per heavy atom. The molecule has 0 aliphatic carbocycles. The van der Waals surface area contributed by atoms with Crippen LogP contribution < -0.4 is 29.7 Å². The second-order valence-corrected chi connectivity index (χ2v) is 13.1. The lowest BCUT2D eigenvalue weighted by molar-refractivity contribution is -0.132. The first-order chi connectivity index (χ1) is 24.2. The van der Waals surface area contributed by atoms with Crippen LogP contribution in [0.3, 0.4) is 0 Å². The minimum atomic E-state index is -0.327. The number of para-hydroxylation sites is 1. The second kappa shape index (κ2) is 20.9. The number of methoxy groups -OCH3 is 1. The van der Waals surface area contributed by atoms with Crippen molar-refractivity contribution in [3.8, 4) is 17.2 Å². The summed E-state index contributed by atoms with van der Waals surface area (Å²) < 4.78 is 18.0. The van der Waals surface area contributed by atoms with E-state index in [4.69, 9.17) is 14.2 Å². The molecule has 0 unspecified atom stereocenters. The first-order valence-corrected chi connectivity index (χ1v) is 17.7. The van der Waals surface area contributed by atoms with Gasteiger partial charge in [-0.2, -0.15) is 0 Å². The number of piperidine rings is 1. The first-order valence-electron chi connectivity index (χ1n) is 17.7. The van der Waals surface area contributed by atoms with E-state index in [-0.39, 0.29) is 48.6 Å². The fourth-order valence-corrected chi connectivity index (χ4v) is 6.24. The summed E-state index contributed by atoms with van der Waals surface area (Å²) in [4.78, 5) is 45.5. The molecule has 13 heteroatoms. The van der Waals surface area contributed by atoms with Crippen LogP contribution in [0.4, 0.5) is 11.4 Å². The summed E-state index contributed by atoms with van der Waals surface area (Å²) in [6.45, 7) is 7.70. The van der Waals surface area contributed by atoms with E-state index < -0.39 is 0 Å². The zero-order chi connectivity index (χ0) is 35.5. The molecule has 0 bridgehead atoms. The van der Waals surface area contributed by atoms with Gasteiger partial charge in [0.15, 0.2) is 0 Å². The van der Waals surface area contributed by atoms with E-state index in [2.05, 4.69) is 22.6 Å². The van der Waals surface area contributed by atoms with E-state index in [1.807, 2.05) is 42.2 Å². The minimum Gasteiger partial charge on any atom is -0.495 e. The van der Waals surface area contributed by atoms with Gasteiger partial charge >= 0.3 is 0 Å². The molecule has 2 aliphatic heterocycles. The molecule has 2 heterocycles. The van der Waals surface area contributed by atoms with Crippen molar-refractivity contribution in [2.75, 3.05) is 77.3 Å². The normalized spacial score (nSPS) is 14.7. The number of nitrogens with zero attached hydrogens (tertiary/aromatic N) is 3. The zero-order valence-electron chi connectivity index (χ0n) is 30.7. The molecule has 284 valence electrons. The summed E-state index contributed by atoms with van der Waals surface area (Å²) in [5.74, 6) is 1.17. The number of anilines is 2. The molecular weight excluding hydrogens is 705 g/mol. The summed E-state index contributed by atoms with van der Waals surface area (Å²) in [5.41, 5.74) is 2.94. The van der Waals surface area contributed by atoms with Crippen LogP contribution >= 0.6 is 24.8 Å². The SMILES string of the molecule is COc1cc(C(=O)N(C)c2ccc(C)cc2OCCCCCC(=O)N2CCN(C)CC2)ccc1NC(=O)c1ccccc1OC1CCNCC1.Cl.Cl. The fourth-order valence-electron chi connectivity index (χ4n) is 6.24. The number of benzene rings is 3. The summed E-state index contributed by atoms with van der Waals surface area (Å²) in [7, 11) is 5.30. The molecule has 52 heavy (non-hydrogen) atoms. The Morgan fingerprint density at radius 2 is 1.62 bits per heavy atom. The molecule has 0 aromatic heterocycles. The number of nitrogens with one attached hydrogen (secondary N) is 2. The van der Waals surface area contributed by atoms with E-state index >= 15 is 0 Å². The van der Waals surface area contributed by atoms with Gasteiger partial charge in [0.25, 0.3) is 11.8 Å². The Morgan fingerprint density at radius 1 is 0.885 bits per heavy atom. The predicted octanol–water partition coefficient (Wildman–Crippen LogP) is 6.22. The fraction of sp³-hybridized carbons (Fsp3) is 0.462. The highest BCUT2D eigenvalue weighted by Crippen LogP contribution is 2.33. The van der Waals surface area contributed by atoms with Crippen LogP contribution in [0.15, 0.2) is 60.7 Å². The van der Waals surface area contributed by atoms with Crippen molar-refractivity contribution in [1.82, 2.24) is 15.1 Å². The maximum atomic E-state index is 13.7. The van der Waals surface area contributed by atoms with Crippen LogP contribution in [0.25, 0.3) is 0 Å². The molecule has 0 spiro atoms. The van der Waals surface area contributed by atoms with Gasteiger partial charge in [-0.25, -0.2) is 0 Å². The van der Waals surface area contributed by atoms with Crippen LogP contribution in [0.5, 0.6) is 17.2 Å². The van der Waals surface area contributed by atoms with E-state index in [1.165, 1.54) is 7.11 Å². The van der Waals surface area contributed by atoms with Crippen molar-refractivity contribution in [3.05, 3.63) is 77.4 Å². The number of ether oxygens (including phenoxy) is 3. The average Bonchev–Trinajstić information content (AvgIpc) is 3.13. The molecule has 5 rings (SSSR count). The monoisotopic (exact) mass is 757 g/mol. The molecule has 2 fully saturated rings. The smallest absolute Gasteiger partial charge is 0.259 e. The maximum absolute atomic E-state index is 13.7. The van der Waals surface area contributed by atoms with Gasteiger partial charge < -0.3 is 39.5 Å². The highest BCUT2D eigenvalue weighted by Gasteiger charge is 2.23. The summed E-state index contributed by atoms with van der Waals surface area (Å²) in [5, 5.41) is 6.26. The topological polar surface area (TPSA) is 113 Å². The number of unbranched alkanes of at least 4 members (excludes halogenated alkanes) is 2. The van der Waals surface area contributed by atoms with Gasteiger partial charge in [0.05, 0.1) is 30.7 Å². The maximum Gasteiger partial charge on any atom is 0.259 e. The molecule has 0 radical (unpaired) electrons. The minimum absolute atomic E-state index is 0. The van der Waals surface area contributed by atoms with Crippen LogP contribution in [0, 0.1) is 6.92 Å². The number of halogens is 2. The van der Waals surface area contributed by atoms with Crippen molar-refractivity contribution < 1.29 is 28.6 Å². The van der Waals surface area contributed by atoms with Crippen LogP contribution in [-0.4, -0.2) is 101 Å². The first kappa shape index (κ1) is 42.4. The van der Waals surface area contributed by atoms with Gasteiger partial charge in [-0.15, -0.1) is 24.8 Å². The quantitative estimate of drug-likeness (QED) is 0.187. The number of piperazine rings is 1. The van der Waals surface area contributed by atoms with E-state index in [0.29, 0.717) is 52.8 Å². The number of likely N-dealkylation sites (N-methyl/N-ethyl adjacent to an activating group) is 1. The van der Waals surface area contributed by atoms with Crippen LogP contribution in [0.1, 0.15) is 64.8 Å². The Hall–Kier alpha value is -4.03. The van der Waals surface area contributed by atoms with Gasteiger partial charge in [-0.1, -0.05) is 18.2 Å². The number of amides is 3. The number of carbonyl (C=O) groups is 3. The van der Waals surface area contributed by atoms with Gasteiger partial charge in [-0.05, 0) is 107 Å². The van der Waals surface area contributed by atoms with E-state index in [1.54, 1.807) is 42.3 Å². The molecule has 2 saturated heterocycles. The lowest BCUT2D eigenvalue weighted by atomic mass is 10.1. The predicted molar refractivity (Wildman–Crippen MR) is 210 cm³/mol. The number of rotatable bonds is 14. The molecule has 3 aromatic rings. The zero-order valence-corrected chi connectivity index (χ0v) is 32.3. The number of carbonyl (C=O) groups excluding carboxylic acids is 3. The third-order valence-electron chi connectivity index (χ3n) is 9.34. The molecule has 0 atom stereocenters. The Bertz CT molecular complexity index is 1630. The third-order valence-corrected chi connectivity index (χ3v) is 9.34. The third kappa shape index (κ3) is 11.5. The highest BCUT2D eigenvalue weighted by molar-refractivity contribution is 6.09. The number of hydrogen-bond acceptors (Lipinski definition) is 8. The Kier molecular flexibility index (Phi) is 17.0.